The number of nitrogens with two attached hydrogens (primary N) is 1. The molecule has 0 heterocycles. The van der Waals surface area contributed by atoms with Crippen molar-refractivity contribution in [3.05, 3.63) is 34.9 Å². The number of nitrogens with one attached hydrogen (secondary N) is 1. The van der Waals surface area contributed by atoms with Crippen molar-refractivity contribution in [2.75, 3.05) is 5.75 Å². The molecule has 0 bridgehead atoms. The highest BCUT2D eigenvalue weighted by Crippen LogP contribution is 2.29. The van der Waals surface area contributed by atoms with E-state index in [1.54, 1.807) is 11.1 Å². The van der Waals surface area contributed by atoms with E-state index in [4.69, 9.17) is 5.84 Å². The van der Waals surface area contributed by atoms with E-state index in [0.717, 1.165) is 17.4 Å². The molecule has 1 unspecified atom stereocenters. The molecule has 21 heavy (non-hydrogen) atoms. The molecule has 2 aliphatic carbocycles. The Morgan fingerprint density at radius 2 is 1.90 bits per heavy atom. The highest BCUT2D eigenvalue weighted by molar-refractivity contribution is 7.99. The fraction of sp³-hybridized carbons (Fsp3) is 0.667. The number of thioether (sulfide) groups is 1. The quantitative estimate of drug-likeness (QED) is 0.623. The Morgan fingerprint density at radius 3 is 2.71 bits per heavy atom. The Hall–Kier alpha value is -0.510. The Labute approximate surface area is 133 Å². The summed E-state index contributed by atoms with van der Waals surface area (Å²) >= 11 is 2.13. The molecule has 1 atom stereocenters. The summed E-state index contributed by atoms with van der Waals surface area (Å²) in [5, 5.41) is 0.870. The molecule has 2 aliphatic rings. The van der Waals surface area contributed by atoms with Crippen molar-refractivity contribution in [1.82, 2.24) is 5.43 Å². The van der Waals surface area contributed by atoms with E-state index in [0.29, 0.717) is 6.04 Å². The minimum atomic E-state index is 0.399. The van der Waals surface area contributed by atoms with Gasteiger partial charge in [0.05, 0.1) is 0 Å². The summed E-state index contributed by atoms with van der Waals surface area (Å²) < 4.78 is 0. The summed E-state index contributed by atoms with van der Waals surface area (Å²) in [7, 11) is 0. The minimum Gasteiger partial charge on any atom is -0.271 e. The molecule has 0 aliphatic heterocycles. The summed E-state index contributed by atoms with van der Waals surface area (Å²) in [6, 6.07) is 7.45. The van der Waals surface area contributed by atoms with Crippen LogP contribution in [0.15, 0.2) is 18.2 Å². The second kappa shape index (κ2) is 7.66. The average molecular weight is 305 g/mol. The van der Waals surface area contributed by atoms with Crippen molar-refractivity contribution < 1.29 is 0 Å². The van der Waals surface area contributed by atoms with Gasteiger partial charge in [-0.25, -0.2) is 0 Å². The molecular weight excluding hydrogens is 276 g/mol. The van der Waals surface area contributed by atoms with Gasteiger partial charge in [-0.1, -0.05) is 37.5 Å². The zero-order chi connectivity index (χ0) is 14.5. The molecule has 0 radical (unpaired) electrons. The van der Waals surface area contributed by atoms with Gasteiger partial charge in [0.1, 0.15) is 0 Å². The maximum atomic E-state index is 5.79. The van der Waals surface area contributed by atoms with Gasteiger partial charge in [-0.2, -0.15) is 11.8 Å². The van der Waals surface area contributed by atoms with Crippen LogP contribution in [0, 0.1) is 0 Å². The number of benzene rings is 1. The maximum absolute atomic E-state index is 5.79. The second-order valence-electron chi connectivity index (χ2n) is 6.62. The minimum absolute atomic E-state index is 0.399. The molecule has 0 aromatic heterocycles. The van der Waals surface area contributed by atoms with Gasteiger partial charge < -0.3 is 0 Å². The molecule has 0 amide bonds. The first-order chi connectivity index (χ1) is 10.3. The van der Waals surface area contributed by atoms with E-state index in [2.05, 4.69) is 35.4 Å². The largest absolute Gasteiger partial charge is 0.271 e. The molecule has 1 fully saturated rings. The molecule has 1 aromatic rings. The van der Waals surface area contributed by atoms with Crippen molar-refractivity contribution in [3.63, 3.8) is 0 Å². The van der Waals surface area contributed by atoms with E-state index >= 15 is 0 Å². The summed E-state index contributed by atoms with van der Waals surface area (Å²) in [5.41, 5.74) is 7.62. The smallest absolute Gasteiger partial charge is 0.0341 e. The molecule has 116 valence electrons. The zero-order valence-corrected chi connectivity index (χ0v) is 13.8. The second-order valence-corrected chi connectivity index (χ2v) is 7.95. The molecule has 1 saturated carbocycles. The molecule has 2 nitrogen and oxygen atoms in total. The van der Waals surface area contributed by atoms with Gasteiger partial charge in [-0.3, -0.25) is 11.3 Å². The third-order valence-corrected chi connectivity index (χ3v) is 6.50. The average Bonchev–Trinajstić information content (AvgIpc) is 3.00. The highest BCUT2D eigenvalue weighted by atomic mass is 32.2. The van der Waals surface area contributed by atoms with Crippen LogP contribution in [-0.4, -0.2) is 17.0 Å². The topological polar surface area (TPSA) is 38.0 Å². The number of aryl methyl sites for hydroxylation is 2. The molecular formula is C18H28N2S. The zero-order valence-electron chi connectivity index (χ0n) is 12.9. The van der Waals surface area contributed by atoms with Gasteiger partial charge in [0.15, 0.2) is 0 Å². The standard InChI is InChI=1S/C18H28N2S/c19-20-17(13-21-18-7-2-1-3-8-18)12-14-9-10-15-5-4-6-16(15)11-14/h9-11,17-18,20H,1-8,12-13,19H2. The molecule has 1 aromatic carbocycles. The van der Waals surface area contributed by atoms with Crippen molar-refractivity contribution in [2.24, 2.45) is 5.84 Å². The number of rotatable bonds is 6. The SMILES string of the molecule is NNC(CSC1CCCCC1)Cc1ccc2c(c1)CCC2. The van der Waals surface area contributed by atoms with Gasteiger partial charge >= 0.3 is 0 Å². The van der Waals surface area contributed by atoms with E-state index in [1.165, 1.54) is 56.9 Å². The van der Waals surface area contributed by atoms with Gasteiger partial charge in [-0.05, 0) is 55.2 Å². The van der Waals surface area contributed by atoms with Gasteiger partial charge in [-0.15, -0.1) is 0 Å². The molecule has 3 N–H and O–H groups in total. The van der Waals surface area contributed by atoms with E-state index in [-0.39, 0.29) is 0 Å². The first kappa shape index (κ1) is 15.4. The predicted octanol–water partition coefficient (Wildman–Crippen LogP) is 3.62. The maximum Gasteiger partial charge on any atom is 0.0341 e. The van der Waals surface area contributed by atoms with E-state index in [9.17, 15) is 0 Å². The lowest BCUT2D eigenvalue weighted by Gasteiger charge is -2.24. The van der Waals surface area contributed by atoms with Crippen molar-refractivity contribution >= 4 is 11.8 Å². The number of hydrogen-bond acceptors (Lipinski definition) is 3. The molecule has 3 rings (SSSR count). The Morgan fingerprint density at radius 1 is 1.10 bits per heavy atom. The number of hydrazine groups is 1. The predicted molar refractivity (Wildman–Crippen MR) is 92.6 cm³/mol. The first-order valence-electron chi connectivity index (χ1n) is 8.53. The van der Waals surface area contributed by atoms with Crippen molar-refractivity contribution in [2.45, 2.75) is 69.1 Å². The van der Waals surface area contributed by atoms with Gasteiger partial charge in [0, 0.05) is 17.0 Å². The lowest BCUT2D eigenvalue weighted by molar-refractivity contribution is 0.513. The Bertz CT molecular complexity index is 455. The van der Waals surface area contributed by atoms with Crippen LogP contribution in [-0.2, 0) is 19.3 Å². The van der Waals surface area contributed by atoms with Gasteiger partial charge in [0.25, 0.3) is 0 Å². The Balaban J connectivity index is 1.51. The third kappa shape index (κ3) is 4.24. The van der Waals surface area contributed by atoms with Crippen LogP contribution in [0.5, 0.6) is 0 Å². The lowest BCUT2D eigenvalue weighted by Crippen LogP contribution is -2.39. The summed E-state index contributed by atoms with van der Waals surface area (Å²) in [6.07, 6.45) is 12.0. The van der Waals surface area contributed by atoms with Crippen LogP contribution in [0.3, 0.4) is 0 Å². The van der Waals surface area contributed by atoms with E-state index < -0.39 is 0 Å². The van der Waals surface area contributed by atoms with Crippen LogP contribution in [0.1, 0.15) is 55.2 Å². The molecule has 0 spiro atoms. The number of fused-ring (bicyclic) bond motifs is 1. The monoisotopic (exact) mass is 304 g/mol. The summed E-state index contributed by atoms with van der Waals surface area (Å²) in [6.45, 7) is 0. The van der Waals surface area contributed by atoms with Crippen LogP contribution in [0.4, 0.5) is 0 Å². The fourth-order valence-corrected chi connectivity index (χ4v) is 5.07. The van der Waals surface area contributed by atoms with Crippen LogP contribution < -0.4 is 11.3 Å². The summed E-state index contributed by atoms with van der Waals surface area (Å²) in [5.74, 6) is 6.92. The van der Waals surface area contributed by atoms with Crippen molar-refractivity contribution in [1.29, 1.82) is 0 Å². The number of hydrogen-bond donors (Lipinski definition) is 2. The van der Waals surface area contributed by atoms with E-state index in [1.807, 2.05) is 0 Å². The summed E-state index contributed by atoms with van der Waals surface area (Å²) in [4.78, 5) is 0. The molecule has 0 saturated heterocycles. The fourth-order valence-electron chi connectivity index (χ4n) is 3.69. The van der Waals surface area contributed by atoms with Crippen LogP contribution >= 0.6 is 11.8 Å². The van der Waals surface area contributed by atoms with Crippen LogP contribution in [0.2, 0.25) is 0 Å². The van der Waals surface area contributed by atoms with Crippen LogP contribution in [0.25, 0.3) is 0 Å². The van der Waals surface area contributed by atoms with Gasteiger partial charge in [0.2, 0.25) is 0 Å². The third-order valence-electron chi connectivity index (χ3n) is 4.97. The first-order valence-corrected chi connectivity index (χ1v) is 9.58. The highest BCUT2D eigenvalue weighted by Gasteiger charge is 2.17. The lowest BCUT2D eigenvalue weighted by atomic mass is 10.0. The Kier molecular flexibility index (Phi) is 5.61. The van der Waals surface area contributed by atoms with Crippen molar-refractivity contribution in [3.8, 4) is 0 Å². The molecule has 3 heteroatoms. The normalized spacial score (nSPS) is 20.4.